The molecule has 0 aliphatic heterocycles. The molecule has 1 unspecified atom stereocenters. The number of aryl methyl sites for hydroxylation is 1. The Morgan fingerprint density at radius 1 is 1.33 bits per heavy atom. The molecule has 7 heteroatoms. The molecule has 0 aliphatic rings. The first-order valence-electron chi connectivity index (χ1n) is 6.16. The van der Waals surface area contributed by atoms with Crippen molar-refractivity contribution >= 4 is 42.1 Å². The molecular formula is C14H19Cl2N3OS. The molecule has 21 heavy (non-hydrogen) atoms. The molecule has 0 saturated heterocycles. The van der Waals surface area contributed by atoms with E-state index >= 15 is 0 Å². The number of hydrogen-bond donors (Lipinski definition) is 2. The van der Waals surface area contributed by atoms with E-state index in [4.69, 9.17) is 5.73 Å². The van der Waals surface area contributed by atoms with Gasteiger partial charge in [-0.15, -0.1) is 36.2 Å². The molecule has 3 N–H and O–H groups in total. The summed E-state index contributed by atoms with van der Waals surface area (Å²) in [5, 5.41) is 5.90. The van der Waals surface area contributed by atoms with E-state index in [1.807, 2.05) is 42.6 Å². The Labute approximate surface area is 141 Å². The van der Waals surface area contributed by atoms with Gasteiger partial charge in [0.25, 0.3) is 0 Å². The highest BCUT2D eigenvalue weighted by atomic mass is 35.5. The normalized spacial score (nSPS) is 11.0. The van der Waals surface area contributed by atoms with Crippen LogP contribution in [0.15, 0.2) is 35.7 Å². The number of nitrogens with zero attached hydrogens (tertiary/aromatic N) is 1. The quantitative estimate of drug-likeness (QED) is 0.873. The molecule has 0 aliphatic carbocycles. The van der Waals surface area contributed by atoms with Crippen LogP contribution in [0.2, 0.25) is 0 Å². The Hall–Kier alpha value is -1.14. The van der Waals surface area contributed by atoms with Crippen molar-refractivity contribution in [2.45, 2.75) is 19.4 Å². The molecule has 0 bridgehead atoms. The monoisotopic (exact) mass is 347 g/mol. The zero-order valence-electron chi connectivity index (χ0n) is 11.6. The van der Waals surface area contributed by atoms with E-state index in [1.54, 1.807) is 11.3 Å². The number of rotatable bonds is 5. The second-order valence-electron chi connectivity index (χ2n) is 4.29. The summed E-state index contributed by atoms with van der Waals surface area (Å²) in [6.45, 7) is 2.53. The molecule has 2 rings (SSSR count). The number of benzene rings is 1. The molecule has 1 heterocycles. The van der Waals surface area contributed by atoms with Crippen LogP contribution in [0.3, 0.4) is 0 Å². The van der Waals surface area contributed by atoms with Crippen LogP contribution in [0.5, 0.6) is 0 Å². The van der Waals surface area contributed by atoms with E-state index in [-0.39, 0.29) is 30.7 Å². The van der Waals surface area contributed by atoms with Crippen molar-refractivity contribution in [1.82, 2.24) is 10.3 Å². The molecule has 0 radical (unpaired) electrons. The Bertz CT molecular complexity index is 548. The van der Waals surface area contributed by atoms with Gasteiger partial charge in [-0.1, -0.05) is 30.3 Å². The summed E-state index contributed by atoms with van der Waals surface area (Å²) in [5.74, 6) is -0.154. The minimum absolute atomic E-state index is 0. The number of thiazole rings is 1. The summed E-state index contributed by atoms with van der Waals surface area (Å²) in [6, 6.07) is 8.75. The third kappa shape index (κ3) is 6.01. The lowest BCUT2D eigenvalue weighted by molar-refractivity contribution is -0.122. The van der Waals surface area contributed by atoms with E-state index in [2.05, 4.69) is 10.3 Å². The van der Waals surface area contributed by atoms with Crippen LogP contribution in [0, 0.1) is 6.92 Å². The maximum Gasteiger partial charge on any atom is 0.241 e. The van der Waals surface area contributed by atoms with Gasteiger partial charge in [-0.3, -0.25) is 4.79 Å². The van der Waals surface area contributed by atoms with Crippen LogP contribution >= 0.6 is 36.2 Å². The molecular weight excluding hydrogens is 329 g/mol. The number of nitrogens with one attached hydrogen (secondary N) is 1. The fraction of sp³-hybridized carbons (Fsp3) is 0.286. The van der Waals surface area contributed by atoms with E-state index < -0.39 is 6.04 Å². The molecule has 2 aromatic rings. The van der Waals surface area contributed by atoms with Gasteiger partial charge >= 0.3 is 0 Å². The van der Waals surface area contributed by atoms with Crippen molar-refractivity contribution in [1.29, 1.82) is 0 Å². The van der Waals surface area contributed by atoms with Crippen LogP contribution in [0.4, 0.5) is 0 Å². The largest absolute Gasteiger partial charge is 0.354 e. The Morgan fingerprint density at radius 3 is 2.57 bits per heavy atom. The Kier molecular flexibility index (Phi) is 9.21. The van der Waals surface area contributed by atoms with Gasteiger partial charge in [0, 0.05) is 18.3 Å². The standard InChI is InChI=1S/C14H17N3OS.2ClH/c1-10-17-12(9-19-10)7-8-16-14(18)13(15)11-5-3-2-4-6-11;;/h2-6,9,13H,7-8,15H2,1H3,(H,16,18);2*1H. The number of aromatic nitrogens is 1. The predicted molar refractivity (Wildman–Crippen MR) is 91.4 cm³/mol. The van der Waals surface area contributed by atoms with Gasteiger partial charge in [0.05, 0.1) is 10.7 Å². The minimum atomic E-state index is -0.613. The average molecular weight is 348 g/mol. The molecule has 1 aromatic carbocycles. The summed E-state index contributed by atoms with van der Waals surface area (Å²) in [7, 11) is 0. The van der Waals surface area contributed by atoms with Crippen LogP contribution < -0.4 is 11.1 Å². The summed E-state index contributed by atoms with van der Waals surface area (Å²) < 4.78 is 0. The minimum Gasteiger partial charge on any atom is -0.354 e. The first kappa shape index (κ1) is 19.9. The summed E-state index contributed by atoms with van der Waals surface area (Å²) in [5.41, 5.74) is 7.73. The van der Waals surface area contributed by atoms with E-state index in [9.17, 15) is 4.79 Å². The third-order valence-electron chi connectivity index (χ3n) is 2.79. The number of carbonyl (C=O) groups excluding carboxylic acids is 1. The maximum atomic E-state index is 11.9. The SMILES string of the molecule is Cc1nc(CCNC(=O)C(N)c2ccccc2)cs1.Cl.Cl. The van der Waals surface area contributed by atoms with Crippen molar-refractivity contribution in [3.63, 3.8) is 0 Å². The van der Waals surface area contributed by atoms with Crippen molar-refractivity contribution < 1.29 is 4.79 Å². The topological polar surface area (TPSA) is 68.0 Å². The zero-order valence-corrected chi connectivity index (χ0v) is 14.1. The zero-order chi connectivity index (χ0) is 13.7. The van der Waals surface area contributed by atoms with Crippen LogP contribution in [-0.4, -0.2) is 17.4 Å². The van der Waals surface area contributed by atoms with Gasteiger partial charge in [-0.25, -0.2) is 4.98 Å². The van der Waals surface area contributed by atoms with Gasteiger partial charge in [0.1, 0.15) is 6.04 Å². The van der Waals surface area contributed by atoms with Gasteiger partial charge < -0.3 is 11.1 Å². The highest BCUT2D eigenvalue weighted by Crippen LogP contribution is 2.10. The van der Waals surface area contributed by atoms with Gasteiger partial charge in [0.2, 0.25) is 5.91 Å². The summed E-state index contributed by atoms with van der Waals surface area (Å²) in [6.07, 6.45) is 0.734. The fourth-order valence-electron chi connectivity index (χ4n) is 1.76. The number of nitrogens with two attached hydrogens (primary N) is 1. The molecule has 1 aromatic heterocycles. The van der Waals surface area contributed by atoms with E-state index in [0.29, 0.717) is 6.54 Å². The van der Waals surface area contributed by atoms with E-state index in [1.165, 1.54) is 0 Å². The van der Waals surface area contributed by atoms with Crippen LogP contribution in [-0.2, 0) is 11.2 Å². The fourth-order valence-corrected chi connectivity index (χ4v) is 2.41. The first-order chi connectivity index (χ1) is 9.16. The maximum absolute atomic E-state index is 11.9. The molecule has 0 saturated carbocycles. The van der Waals surface area contributed by atoms with Gasteiger partial charge in [-0.2, -0.15) is 0 Å². The van der Waals surface area contributed by atoms with Crippen molar-refractivity contribution in [2.75, 3.05) is 6.54 Å². The highest BCUT2D eigenvalue weighted by molar-refractivity contribution is 7.09. The third-order valence-corrected chi connectivity index (χ3v) is 3.61. The number of hydrogen-bond acceptors (Lipinski definition) is 4. The van der Waals surface area contributed by atoms with E-state index in [0.717, 1.165) is 22.7 Å². The second-order valence-corrected chi connectivity index (χ2v) is 5.35. The molecule has 4 nitrogen and oxygen atoms in total. The lowest BCUT2D eigenvalue weighted by Crippen LogP contribution is -2.35. The Balaban J connectivity index is 0.00000200. The lowest BCUT2D eigenvalue weighted by atomic mass is 10.1. The summed E-state index contributed by atoms with van der Waals surface area (Å²) >= 11 is 1.62. The van der Waals surface area contributed by atoms with Gasteiger partial charge in [0.15, 0.2) is 0 Å². The Morgan fingerprint density at radius 2 is 2.00 bits per heavy atom. The second kappa shape index (κ2) is 9.73. The predicted octanol–water partition coefficient (Wildman–Crippen LogP) is 2.65. The number of amides is 1. The van der Waals surface area contributed by atoms with Crippen LogP contribution in [0.1, 0.15) is 22.3 Å². The molecule has 1 atom stereocenters. The van der Waals surface area contributed by atoms with Crippen LogP contribution in [0.25, 0.3) is 0 Å². The average Bonchev–Trinajstić information content (AvgIpc) is 2.84. The molecule has 1 amide bonds. The number of halogens is 2. The van der Waals surface area contributed by atoms with Crippen molar-refractivity contribution in [3.05, 3.63) is 52.0 Å². The van der Waals surface area contributed by atoms with Gasteiger partial charge in [-0.05, 0) is 12.5 Å². The molecule has 116 valence electrons. The molecule has 0 spiro atoms. The molecule has 0 fully saturated rings. The first-order valence-corrected chi connectivity index (χ1v) is 7.04. The number of carbonyl (C=O) groups is 1. The van der Waals surface area contributed by atoms with Crippen molar-refractivity contribution in [3.8, 4) is 0 Å². The smallest absolute Gasteiger partial charge is 0.241 e. The van der Waals surface area contributed by atoms with Crippen molar-refractivity contribution in [2.24, 2.45) is 5.73 Å². The lowest BCUT2D eigenvalue weighted by Gasteiger charge is -2.12. The summed E-state index contributed by atoms with van der Waals surface area (Å²) in [4.78, 5) is 16.2. The highest BCUT2D eigenvalue weighted by Gasteiger charge is 2.14.